The molecule has 1 aliphatic rings. The molecule has 0 bridgehead atoms. The van der Waals surface area contributed by atoms with Crippen molar-refractivity contribution in [1.29, 1.82) is 0 Å². The summed E-state index contributed by atoms with van der Waals surface area (Å²) in [6.45, 7) is 2.78. The number of hydrogen-bond donors (Lipinski definition) is 0. The lowest BCUT2D eigenvalue weighted by atomic mass is 10.1. The summed E-state index contributed by atoms with van der Waals surface area (Å²) in [5.41, 5.74) is 0.361. The molecule has 5 nitrogen and oxygen atoms in total. The molecule has 106 valence electrons. The summed E-state index contributed by atoms with van der Waals surface area (Å²) in [6.07, 6.45) is 4.28. The molecule has 0 saturated carbocycles. The van der Waals surface area contributed by atoms with E-state index in [0.717, 1.165) is 25.8 Å². The first kappa shape index (κ1) is 14.4. The van der Waals surface area contributed by atoms with Crippen LogP contribution in [0.5, 0.6) is 0 Å². The quantitative estimate of drug-likeness (QED) is 0.802. The molecule has 0 aromatic carbocycles. The van der Waals surface area contributed by atoms with Gasteiger partial charge in [-0.15, -0.1) is 0 Å². The smallest absolute Gasteiger partial charge is 0.270 e. The van der Waals surface area contributed by atoms with Crippen LogP contribution in [0.4, 0.5) is 0 Å². The first-order chi connectivity index (χ1) is 8.84. The molecule has 1 fully saturated rings. The van der Waals surface area contributed by atoms with Gasteiger partial charge in [-0.1, -0.05) is 6.92 Å². The largest absolute Gasteiger partial charge is 0.345 e. The molecule has 1 unspecified atom stereocenters. The lowest BCUT2D eigenvalue weighted by Crippen LogP contribution is -2.36. The van der Waals surface area contributed by atoms with E-state index in [9.17, 15) is 13.2 Å². The van der Waals surface area contributed by atoms with E-state index in [1.807, 2.05) is 4.90 Å². The molecule has 0 radical (unpaired) electrons. The number of likely N-dealkylation sites (tertiary alicyclic amines) is 1. The summed E-state index contributed by atoms with van der Waals surface area (Å²) in [5, 5.41) is 0. The molecule has 1 aromatic rings. The van der Waals surface area contributed by atoms with Crippen molar-refractivity contribution in [3.05, 3.63) is 18.0 Å². The van der Waals surface area contributed by atoms with E-state index in [2.05, 4.69) is 6.92 Å². The second-order valence-electron chi connectivity index (χ2n) is 4.81. The second-order valence-corrected chi connectivity index (χ2v) is 7.38. The standard InChI is InChI=1S/C12H17ClN2O3S/c1-3-9-5-4-6-15(9)12(16)11-7-10(8-14(11)2)19(13,17)18/h7-9H,3-6H2,1-2H3. The summed E-state index contributed by atoms with van der Waals surface area (Å²) >= 11 is 0. The minimum Gasteiger partial charge on any atom is -0.345 e. The van der Waals surface area contributed by atoms with Gasteiger partial charge in [-0.05, 0) is 25.3 Å². The molecule has 0 aliphatic carbocycles. The highest BCUT2D eigenvalue weighted by Gasteiger charge is 2.30. The highest BCUT2D eigenvalue weighted by molar-refractivity contribution is 8.13. The summed E-state index contributed by atoms with van der Waals surface area (Å²) in [4.78, 5) is 14.2. The van der Waals surface area contributed by atoms with Gasteiger partial charge in [-0.3, -0.25) is 4.79 Å². The van der Waals surface area contributed by atoms with E-state index in [1.165, 1.54) is 16.8 Å². The molecule has 19 heavy (non-hydrogen) atoms. The third-order valence-corrected chi connectivity index (χ3v) is 4.91. The molecule has 2 heterocycles. The first-order valence-electron chi connectivity index (χ1n) is 6.26. The Morgan fingerprint density at radius 2 is 2.21 bits per heavy atom. The molecule has 1 aliphatic heterocycles. The Morgan fingerprint density at radius 1 is 1.53 bits per heavy atom. The van der Waals surface area contributed by atoms with Crippen molar-refractivity contribution in [1.82, 2.24) is 9.47 Å². The lowest BCUT2D eigenvalue weighted by Gasteiger charge is -2.23. The van der Waals surface area contributed by atoms with Crippen LogP contribution in [0.25, 0.3) is 0 Å². The predicted molar refractivity (Wildman–Crippen MR) is 72.8 cm³/mol. The van der Waals surface area contributed by atoms with Crippen molar-refractivity contribution < 1.29 is 13.2 Å². The number of carbonyl (C=O) groups is 1. The molecule has 1 amide bonds. The Kier molecular flexibility index (Phi) is 3.92. The Labute approximate surface area is 117 Å². The zero-order valence-corrected chi connectivity index (χ0v) is 12.5. The number of halogens is 1. The third kappa shape index (κ3) is 2.79. The molecule has 1 saturated heterocycles. The van der Waals surface area contributed by atoms with E-state index in [1.54, 1.807) is 7.05 Å². The first-order valence-corrected chi connectivity index (χ1v) is 8.57. The summed E-state index contributed by atoms with van der Waals surface area (Å²) in [7, 11) is 3.15. The minimum absolute atomic E-state index is 0.0349. The number of rotatable bonds is 3. The van der Waals surface area contributed by atoms with E-state index in [4.69, 9.17) is 10.7 Å². The maximum Gasteiger partial charge on any atom is 0.270 e. The summed E-state index contributed by atoms with van der Waals surface area (Å²) in [6, 6.07) is 1.59. The minimum atomic E-state index is -3.80. The normalized spacial score (nSPS) is 19.9. The fourth-order valence-corrected chi connectivity index (χ4v) is 3.34. The van der Waals surface area contributed by atoms with E-state index in [0.29, 0.717) is 5.69 Å². The van der Waals surface area contributed by atoms with Crippen LogP contribution in [0.2, 0.25) is 0 Å². The van der Waals surface area contributed by atoms with Crippen molar-refractivity contribution in [2.75, 3.05) is 6.54 Å². The molecule has 1 aromatic heterocycles. The highest BCUT2D eigenvalue weighted by atomic mass is 35.7. The number of aromatic nitrogens is 1. The van der Waals surface area contributed by atoms with Gasteiger partial charge in [0.25, 0.3) is 15.0 Å². The zero-order valence-electron chi connectivity index (χ0n) is 11.0. The third-order valence-electron chi connectivity index (χ3n) is 3.59. The van der Waals surface area contributed by atoms with Crippen LogP contribution in [0, 0.1) is 0 Å². The van der Waals surface area contributed by atoms with Gasteiger partial charge in [0, 0.05) is 36.5 Å². The van der Waals surface area contributed by atoms with Crippen molar-refractivity contribution in [2.24, 2.45) is 7.05 Å². The molecule has 2 rings (SSSR count). The molecular formula is C12H17ClN2O3S. The maximum absolute atomic E-state index is 12.4. The van der Waals surface area contributed by atoms with Crippen LogP contribution in [0.15, 0.2) is 17.2 Å². The highest BCUT2D eigenvalue weighted by Crippen LogP contribution is 2.24. The van der Waals surface area contributed by atoms with Crippen molar-refractivity contribution in [3.8, 4) is 0 Å². The van der Waals surface area contributed by atoms with Crippen LogP contribution in [0.1, 0.15) is 36.7 Å². The Balaban J connectivity index is 2.32. The maximum atomic E-state index is 12.4. The van der Waals surface area contributed by atoms with Crippen LogP contribution in [-0.2, 0) is 16.1 Å². The van der Waals surface area contributed by atoms with Crippen molar-refractivity contribution in [2.45, 2.75) is 37.1 Å². The zero-order chi connectivity index (χ0) is 14.2. The lowest BCUT2D eigenvalue weighted by molar-refractivity contribution is 0.0724. The van der Waals surface area contributed by atoms with E-state index in [-0.39, 0.29) is 16.8 Å². The number of aryl methyl sites for hydroxylation is 1. The number of nitrogens with zero attached hydrogens (tertiary/aromatic N) is 2. The summed E-state index contributed by atoms with van der Waals surface area (Å²) < 4.78 is 24.1. The molecular weight excluding hydrogens is 288 g/mol. The molecule has 7 heteroatoms. The van der Waals surface area contributed by atoms with Gasteiger partial charge in [0.05, 0.1) is 0 Å². The molecule has 0 spiro atoms. The monoisotopic (exact) mass is 304 g/mol. The van der Waals surface area contributed by atoms with Gasteiger partial charge < -0.3 is 9.47 Å². The van der Waals surface area contributed by atoms with Gasteiger partial charge in [0.2, 0.25) is 0 Å². The topological polar surface area (TPSA) is 59.4 Å². The average Bonchev–Trinajstić information content (AvgIpc) is 2.92. The van der Waals surface area contributed by atoms with Gasteiger partial charge >= 0.3 is 0 Å². The Morgan fingerprint density at radius 3 is 2.74 bits per heavy atom. The van der Waals surface area contributed by atoms with Crippen LogP contribution < -0.4 is 0 Å². The van der Waals surface area contributed by atoms with Crippen LogP contribution >= 0.6 is 10.7 Å². The van der Waals surface area contributed by atoms with Crippen LogP contribution in [0.3, 0.4) is 0 Å². The van der Waals surface area contributed by atoms with Gasteiger partial charge in [-0.2, -0.15) is 0 Å². The van der Waals surface area contributed by atoms with Gasteiger partial charge in [-0.25, -0.2) is 8.42 Å². The predicted octanol–water partition coefficient (Wildman–Crippen LogP) is 1.97. The van der Waals surface area contributed by atoms with Crippen molar-refractivity contribution in [3.63, 3.8) is 0 Å². The van der Waals surface area contributed by atoms with Gasteiger partial charge in [0.1, 0.15) is 10.6 Å². The fraction of sp³-hybridized carbons (Fsp3) is 0.583. The Bertz CT molecular complexity index is 594. The molecule has 0 N–H and O–H groups in total. The van der Waals surface area contributed by atoms with Crippen LogP contribution in [-0.4, -0.2) is 36.4 Å². The number of hydrogen-bond acceptors (Lipinski definition) is 3. The average molecular weight is 305 g/mol. The second kappa shape index (κ2) is 5.17. The number of carbonyl (C=O) groups excluding carboxylic acids is 1. The van der Waals surface area contributed by atoms with Crippen molar-refractivity contribution >= 4 is 25.6 Å². The SMILES string of the molecule is CCC1CCCN1C(=O)c1cc(S(=O)(=O)Cl)cn1C. The number of amides is 1. The Hall–Kier alpha value is -1.01. The van der Waals surface area contributed by atoms with E-state index < -0.39 is 9.05 Å². The summed E-state index contributed by atoms with van der Waals surface area (Å²) in [5.74, 6) is -0.126. The fourth-order valence-electron chi connectivity index (χ4n) is 2.55. The van der Waals surface area contributed by atoms with Gasteiger partial charge in [0.15, 0.2) is 0 Å². The van der Waals surface area contributed by atoms with E-state index >= 15 is 0 Å². The molecule has 1 atom stereocenters.